The zero-order valence-electron chi connectivity index (χ0n) is 10.3. The Hall–Kier alpha value is -0.390. The highest BCUT2D eigenvalue weighted by Crippen LogP contribution is 2.43. The van der Waals surface area contributed by atoms with Crippen molar-refractivity contribution in [3.05, 3.63) is 61.8 Å². The largest absolute Gasteiger partial charge is 0.493 e. The van der Waals surface area contributed by atoms with E-state index in [0.29, 0.717) is 6.61 Å². The van der Waals surface area contributed by atoms with Gasteiger partial charge in [-0.15, -0.1) is 0 Å². The molecule has 1 aliphatic heterocycles. The Bertz CT molecular complexity index is 652. The molecule has 2 aromatic rings. The van der Waals surface area contributed by atoms with Crippen LogP contribution in [0.25, 0.3) is 0 Å². The lowest BCUT2D eigenvalue weighted by molar-refractivity contribution is 0.354. The van der Waals surface area contributed by atoms with Crippen LogP contribution in [-0.4, -0.2) is 6.61 Å². The molecule has 1 nitrogen and oxygen atoms in total. The van der Waals surface area contributed by atoms with Gasteiger partial charge in [-0.3, -0.25) is 0 Å². The van der Waals surface area contributed by atoms with E-state index in [-0.39, 0.29) is 10.6 Å². The fourth-order valence-corrected chi connectivity index (χ4v) is 4.00. The topological polar surface area (TPSA) is 9.23 Å². The number of benzene rings is 2. The molecule has 0 saturated carbocycles. The Morgan fingerprint density at radius 3 is 2.55 bits per heavy atom. The van der Waals surface area contributed by atoms with Gasteiger partial charge < -0.3 is 4.74 Å². The molecule has 5 heteroatoms. The molecular formula is C15H10Br3FO. The molecule has 0 bridgehead atoms. The number of rotatable bonds is 2. The highest BCUT2D eigenvalue weighted by molar-refractivity contribution is 9.11. The lowest BCUT2D eigenvalue weighted by Crippen LogP contribution is -1.98. The summed E-state index contributed by atoms with van der Waals surface area (Å²) in [6, 6.07) is 8.98. The van der Waals surface area contributed by atoms with E-state index >= 15 is 0 Å². The van der Waals surface area contributed by atoms with E-state index in [0.717, 1.165) is 32.2 Å². The van der Waals surface area contributed by atoms with Crippen LogP contribution in [0.4, 0.5) is 4.39 Å². The molecular weight excluding hydrogens is 455 g/mol. The Labute approximate surface area is 141 Å². The van der Waals surface area contributed by atoms with Gasteiger partial charge in [0.2, 0.25) is 0 Å². The smallest absolute Gasteiger partial charge is 0.127 e. The Morgan fingerprint density at radius 1 is 1.05 bits per heavy atom. The zero-order chi connectivity index (χ0) is 14.3. The van der Waals surface area contributed by atoms with Crippen molar-refractivity contribution >= 4 is 47.8 Å². The first-order valence-corrected chi connectivity index (χ1v) is 8.60. The molecule has 0 amide bonds. The Morgan fingerprint density at radius 2 is 1.80 bits per heavy atom. The van der Waals surface area contributed by atoms with Gasteiger partial charge in [-0.1, -0.05) is 47.8 Å². The van der Waals surface area contributed by atoms with Crippen molar-refractivity contribution < 1.29 is 9.13 Å². The molecule has 0 N–H and O–H groups in total. The van der Waals surface area contributed by atoms with Crippen LogP contribution >= 0.6 is 47.8 Å². The summed E-state index contributed by atoms with van der Waals surface area (Å²) < 4.78 is 21.0. The van der Waals surface area contributed by atoms with Gasteiger partial charge in [-0.25, -0.2) is 4.39 Å². The Kier molecular flexibility index (Phi) is 4.20. The van der Waals surface area contributed by atoms with E-state index < -0.39 is 0 Å². The van der Waals surface area contributed by atoms with Crippen molar-refractivity contribution in [3.8, 4) is 5.75 Å². The van der Waals surface area contributed by atoms with E-state index in [2.05, 4.69) is 53.9 Å². The van der Waals surface area contributed by atoms with E-state index in [1.807, 2.05) is 12.1 Å². The fourth-order valence-electron chi connectivity index (χ4n) is 2.39. The van der Waals surface area contributed by atoms with Crippen LogP contribution < -0.4 is 4.74 Å². The summed E-state index contributed by atoms with van der Waals surface area (Å²) in [6.07, 6.45) is 0.911. The lowest BCUT2D eigenvalue weighted by Gasteiger charge is -2.16. The second kappa shape index (κ2) is 5.78. The summed E-state index contributed by atoms with van der Waals surface area (Å²) in [5.41, 5.74) is 3.06. The highest BCUT2D eigenvalue weighted by Gasteiger charge is 2.23. The second-order valence-electron chi connectivity index (χ2n) is 4.65. The monoisotopic (exact) mass is 462 g/mol. The summed E-state index contributed by atoms with van der Waals surface area (Å²) in [4.78, 5) is -0.112. The number of ether oxygens (including phenoxy) is 1. The van der Waals surface area contributed by atoms with Crippen molar-refractivity contribution in [3.63, 3.8) is 0 Å². The van der Waals surface area contributed by atoms with Crippen molar-refractivity contribution in [1.29, 1.82) is 0 Å². The molecule has 2 aromatic carbocycles. The molecule has 1 aliphatic rings. The van der Waals surface area contributed by atoms with Gasteiger partial charge in [0, 0.05) is 20.9 Å². The van der Waals surface area contributed by atoms with E-state index in [4.69, 9.17) is 4.74 Å². The first-order chi connectivity index (χ1) is 9.54. The maximum Gasteiger partial charge on any atom is 0.127 e. The average Bonchev–Trinajstić information content (AvgIpc) is 2.83. The minimum absolute atomic E-state index is 0.112. The molecule has 20 heavy (non-hydrogen) atoms. The van der Waals surface area contributed by atoms with Crippen LogP contribution in [0, 0.1) is 5.82 Å². The molecule has 1 unspecified atom stereocenters. The number of alkyl halides is 1. The number of hydrogen-bond donors (Lipinski definition) is 0. The third-order valence-electron chi connectivity index (χ3n) is 3.23. The molecule has 0 aromatic heterocycles. The first-order valence-electron chi connectivity index (χ1n) is 6.10. The van der Waals surface area contributed by atoms with Gasteiger partial charge in [-0.05, 0) is 41.5 Å². The standard InChI is InChI=1S/C15H10Br3FO/c16-10-4-9(5-12(19)6-10)14(18)13-7-11(17)3-8-1-2-20-15(8)13/h3-7,14H,1-2H2. The van der Waals surface area contributed by atoms with Crippen LogP contribution in [0.2, 0.25) is 0 Å². The molecule has 1 atom stereocenters. The van der Waals surface area contributed by atoms with Crippen molar-refractivity contribution in [2.75, 3.05) is 6.61 Å². The summed E-state index contributed by atoms with van der Waals surface area (Å²) in [7, 11) is 0. The second-order valence-corrected chi connectivity index (χ2v) is 7.39. The number of hydrogen-bond acceptors (Lipinski definition) is 1. The van der Waals surface area contributed by atoms with Crippen LogP contribution in [0.5, 0.6) is 5.75 Å². The number of fused-ring (bicyclic) bond motifs is 1. The number of halogens is 4. The van der Waals surface area contributed by atoms with Crippen molar-refractivity contribution in [1.82, 2.24) is 0 Å². The predicted octanol–water partition coefficient (Wildman–Crippen LogP) is 5.77. The van der Waals surface area contributed by atoms with Crippen LogP contribution in [0.3, 0.4) is 0 Å². The quantitative estimate of drug-likeness (QED) is 0.513. The molecule has 0 fully saturated rings. The maximum atomic E-state index is 13.6. The van der Waals surface area contributed by atoms with E-state index in [1.54, 1.807) is 0 Å². The van der Waals surface area contributed by atoms with Gasteiger partial charge in [-0.2, -0.15) is 0 Å². The highest BCUT2D eigenvalue weighted by atomic mass is 79.9. The van der Waals surface area contributed by atoms with Gasteiger partial charge in [0.15, 0.2) is 0 Å². The molecule has 104 valence electrons. The zero-order valence-corrected chi connectivity index (χ0v) is 15.1. The summed E-state index contributed by atoms with van der Waals surface area (Å²) in [5, 5.41) is 0. The fraction of sp³-hybridized carbons (Fsp3) is 0.200. The molecule has 1 heterocycles. The van der Waals surface area contributed by atoms with Gasteiger partial charge in [0.05, 0.1) is 11.4 Å². The molecule has 0 radical (unpaired) electrons. The van der Waals surface area contributed by atoms with Crippen LogP contribution in [0.1, 0.15) is 21.5 Å². The third-order valence-corrected chi connectivity index (χ3v) is 5.17. The SMILES string of the molecule is Fc1cc(Br)cc(C(Br)c2cc(Br)cc3c2OCC3)c1. The van der Waals surface area contributed by atoms with Crippen molar-refractivity contribution in [2.45, 2.75) is 11.2 Å². The molecule has 0 saturated heterocycles. The van der Waals surface area contributed by atoms with Gasteiger partial charge >= 0.3 is 0 Å². The summed E-state index contributed by atoms with van der Waals surface area (Å²) >= 11 is 10.5. The minimum atomic E-state index is -0.258. The first kappa shape index (κ1) is 14.5. The average molecular weight is 465 g/mol. The van der Waals surface area contributed by atoms with E-state index in [9.17, 15) is 4.39 Å². The summed E-state index contributed by atoms with van der Waals surface area (Å²) in [5.74, 6) is 0.654. The molecule has 3 rings (SSSR count). The lowest BCUT2D eigenvalue weighted by atomic mass is 10.0. The predicted molar refractivity (Wildman–Crippen MR) is 88.2 cm³/mol. The minimum Gasteiger partial charge on any atom is -0.493 e. The van der Waals surface area contributed by atoms with Crippen LogP contribution in [0.15, 0.2) is 39.3 Å². The molecule has 0 aliphatic carbocycles. The summed E-state index contributed by atoms with van der Waals surface area (Å²) in [6.45, 7) is 0.700. The Balaban J connectivity index is 2.08. The van der Waals surface area contributed by atoms with Gasteiger partial charge in [0.25, 0.3) is 0 Å². The van der Waals surface area contributed by atoms with Crippen molar-refractivity contribution in [2.24, 2.45) is 0 Å². The normalized spacial score (nSPS) is 14.8. The van der Waals surface area contributed by atoms with Crippen LogP contribution in [-0.2, 0) is 6.42 Å². The third kappa shape index (κ3) is 2.81. The van der Waals surface area contributed by atoms with E-state index in [1.165, 1.54) is 17.7 Å². The van der Waals surface area contributed by atoms with Gasteiger partial charge in [0.1, 0.15) is 11.6 Å². The molecule has 0 spiro atoms. The maximum absolute atomic E-state index is 13.6.